The molecule has 5 nitrogen and oxygen atoms in total. The van der Waals surface area contributed by atoms with Gasteiger partial charge in [0.15, 0.2) is 4.77 Å². The van der Waals surface area contributed by atoms with E-state index in [4.69, 9.17) is 17.3 Å². The maximum atomic E-state index is 12.6. The Morgan fingerprint density at radius 3 is 2.67 bits per heavy atom. The van der Waals surface area contributed by atoms with Crippen molar-refractivity contribution < 1.29 is 9.90 Å². The standard InChI is InChI=1S/C15H10N2O3S/c18-13-11-6-1-2-7-12(11)16-15(21)17(13)10-5-3-4-9(8-10)14(19)20/h1-8H,(H,16,21)(H,19,20). The van der Waals surface area contributed by atoms with Crippen LogP contribution in [0.5, 0.6) is 0 Å². The Hall–Kier alpha value is -2.73. The molecule has 0 amide bonds. The second-order valence-corrected chi connectivity index (χ2v) is 4.86. The summed E-state index contributed by atoms with van der Waals surface area (Å²) in [7, 11) is 0. The van der Waals surface area contributed by atoms with Crippen molar-refractivity contribution in [2.75, 3.05) is 0 Å². The van der Waals surface area contributed by atoms with Crippen LogP contribution in [0.15, 0.2) is 53.3 Å². The van der Waals surface area contributed by atoms with Crippen LogP contribution < -0.4 is 5.56 Å². The monoisotopic (exact) mass is 298 g/mol. The number of fused-ring (bicyclic) bond motifs is 1. The lowest BCUT2D eigenvalue weighted by atomic mass is 10.2. The Labute approximate surface area is 124 Å². The maximum Gasteiger partial charge on any atom is 0.335 e. The minimum atomic E-state index is -1.06. The number of rotatable bonds is 2. The Balaban J connectivity index is 2.35. The molecule has 0 fully saturated rings. The van der Waals surface area contributed by atoms with Gasteiger partial charge in [-0.1, -0.05) is 18.2 Å². The number of hydrogen-bond donors (Lipinski definition) is 2. The fourth-order valence-corrected chi connectivity index (χ4v) is 2.47. The first-order valence-electron chi connectivity index (χ1n) is 6.16. The molecule has 3 aromatic rings. The summed E-state index contributed by atoms with van der Waals surface area (Å²) in [4.78, 5) is 26.6. The molecule has 21 heavy (non-hydrogen) atoms. The molecule has 0 aliphatic heterocycles. The molecule has 0 atom stereocenters. The molecular weight excluding hydrogens is 288 g/mol. The van der Waals surface area contributed by atoms with E-state index in [1.54, 1.807) is 30.3 Å². The Morgan fingerprint density at radius 1 is 1.14 bits per heavy atom. The molecule has 3 rings (SSSR count). The lowest BCUT2D eigenvalue weighted by Crippen LogP contribution is -2.20. The molecule has 0 aliphatic carbocycles. The molecule has 2 N–H and O–H groups in total. The Morgan fingerprint density at radius 2 is 1.90 bits per heavy atom. The van der Waals surface area contributed by atoms with Crippen molar-refractivity contribution in [3.63, 3.8) is 0 Å². The Bertz CT molecular complexity index is 972. The molecule has 6 heteroatoms. The summed E-state index contributed by atoms with van der Waals surface area (Å²) in [6.45, 7) is 0. The Kier molecular flexibility index (Phi) is 3.15. The van der Waals surface area contributed by atoms with Gasteiger partial charge >= 0.3 is 5.97 Å². The van der Waals surface area contributed by atoms with Crippen LogP contribution in [0.1, 0.15) is 10.4 Å². The van der Waals surface area contributed by atoms with Crippen LogP contribution in [0.3, 0.4) is 0 Å². The van der Waals surface area contributed by atoms with Crippen molar-refractivity contribution in [2.45, 2.75) is 0 Å². The highest BCUT2D eigenvalue weighted by Crippen LogP contribution is 2.12. The predicted molar refractivity (Wildman–Crippen MR) is 81.7 cm³/mol. The lowest BCUT2D eigenvalue weighted by molar-refractivity contribution is 0.0697. The van der Waals surface area contributed by atoms with E-state index >= 15 is 0 Å². The highest BCUT2D eigenvalue weighted by Gasteiger charge is 2.09. The summed E-state index contributed by atoms with van der Waals surface area (Å²) in [6.07, 6.45) is 0. The number of hydrogen-bond acceptors (Lipinski definition) is 3. The predicted octanol–water partition coefficient (Wildman–Crippen LogP) is 2.75. The van der Waals surface area contributed by atoms with E-state index in [-0.39, 0.29) is 15.9 Å². The zero-order valence-corrected chi connectivity index (χ0v) is 11.6. The quantitative estimate of drug-likeness (QED) is 0.713. The number of aromatic nitrogens is 2. The summed E-state index contributed by atoms with van der Waals surface area (Å²) in [5.41, 5.74) is 0.892. The number of nitrogens with zero attached hydrogens (tertiary/aromatic N) is 1. The van der Waals surface area contributed by atoms with Crippen molar-refractivity contribution in [2.24, 2.45) is 0 Å². The summed E-state index contributed by atoms with van der Waals surface area (Å²) >= 11 is 5.22. The summed E-state index contributed by atoms with van der Waals surface area (Å²) in [6, 6.07) is 13.1. The third-order valence-corrected chi connectivity index (χ3v) is 3.44. The van der Waals surface area contributed by atoms with Gasteiger partial charge in [0.05, 0.1) is 22.2 Å². The highest BCUT2D eigenvalue weighted by atomic mass is 32.1. The fraction of sp³-hybridized carbons (Fsp3) is 0. The van der Waals surface area contributed by atoms with Gasteiger partial charge in [0.1, 0.15) is 0 Å². The molecule has 0 saturated carbocycles. The second-order valence-electron chi connectivity index (χ2n) is 4.47. The zero-order valence-electron chi connectivity index (χ0n) is 10.7. The number of H-pyrrole nitrogens is 1. The molecule has 0 spiro atoms. The van der Waals surface area contributed by atoms with Gasteiger partial charge in [0.2, 0.25) is 0 Å². The summed E-state index contributed by atoms with van der Waals surface area (Å²) in [5.74, 6) is -1.06. The smallest absolute Gasteiger partial charge is 0.335 e. The molecule has 0 radical (unpaired) electrons. The van der Waals surface area contributed by atoms with E-state index in [1.165, 1.54) is 16.7 Å². The molecule has 0 aliphatic rings. The van der Waals surface area contributed by atoms with Gasteiger partial charge in [-0.05, 0) is 42.5 Å². The fourth-order valence-electron chi connectivity index (χ4n) is 2.17. The van der Waals surface area contributed by atoms with Gasteiger partial charge in [0, 0.05) is 0 Å². The molecular formula is C15H10N2O3S. The molecule has 0 unspecified atom stereocenters. The number of carboxylic acid groups (broad SMARTS) is 1. The highest BCUT2D eigenvalue weighted by molar-refractivity contribution is 7.71. The van der Waals surface area contributed by atoms with Crippen molar-refractivity contribution >= 4 is 29.1 Å². The van der Waals surface area contributed by atoms with Gasteiger partial charge in [-0.2, -0.15) is 0 Å². The molecule has 1 heterocycles. The van der Waals surface area contributed by atoms with Gasteiger partial charge in [-0.3, -0.25) is 9.36 Å². The second kappa shape index (κ2) is 4.99. The molecule has 0 bridgehead atoms. The van der Waals surface area contributed by atoms with E-state index in [0.717, 1.165) is 0 Å². The number of aromatic carboxylic acids is 1. The van der Waals surface area contributed by atoms with Gasteiger partial charge in [-0.15, -0.1) is 0 Å². The van der Waals surface area contributed by atoms with Crippen LogP contribution in [0.4, 0.5) is 0 Å². The first kappa shape index (κ1) is 13.3. The van der Waals surface area contributed by atoms with Crippen molar-refractivity contribution in [1.29, 1.82) is 0 Å². The average Bonchev–Trinajstić information content (AvgIpc) is 2.47. The number of nitrogens with one attached hydrogen (secondary N) is 1. The summed E-state index contributed by atoms with van der Waals surface area (Å²) < 4.78 is 1.52. The van der Waals surface area contributed by atoms with Gasteiger partial charge < -0.3 is 10.1 Å². The van der Waals surface area contributed by atoms with Crippen molar-refractivity contribution in [1.82, 2.24) is 9.55 Å². The molecule has 0 saturated heterocycles. The third kappa shape index (κ3) is 2.25. The van der Waals surface area contributed by atoms with Gasteiger partial charge in [-0.25, -0.2) is 4.79 Å². The van der Waals surface area contributed by atoms with Crippen LogP contribution in [0, 0.1) is 4.77 Å². The maximum absolute atomic E-state index is 12.6. The van der Waals surface area contributed by atoms with E-state index in [9.17, 15) is 9.59 Å². The SMILES string of the molecule is O=C(O)c1cccc(-n2c(=S)[nH]c3ccccc3c2=O)c1. The summed E-state index contributed by atoms with van der Waals surface area (Å²) in [5, 5.41) is 9.54. The van der Waals surface area contributed by atoms with Crippen LogP contribution in [-0.4, -0.2) is 20.6 Å². The number of benzene rings is 2. The molecule has 2 aromatic carbocycles. The van der Waals surface area contributed by atoms with Crippen LogP contribution in [0.25, 0.3) is 16.6 Å². The number of para-hydroxylation sites is 1. The number of aromatic amines is 1. The van der Waals surface area contributed by atoms with E-state index < -0.39 is 5.97 Å². The van der Waals surface area contributed by atoms with E-state index in [0.29, 0.717) is 16.6 Å². The number of carbonyl (C=O) groups is 1. The van der Waals surface area contributed by atoms with Crippen molar-refractivity contribution in [3.05, 3.63) is 69.2 Å². The first-order valence-corrected chi connectivity index (χ1v) is 6.56. The lowest BCUT2D eigenvalue weighted by Gasteiger charge is -2.08. The van der Waals surface area contributed by atoms with Crippen LogP contribution >= 0.6 is 12.2 Å². The normalized spacial score (nSPS) is 10.7. The minimum absolute atomic E-state index is 0.0990. The van der Waals surface area contributed by atoms with Gasteiger partial charge in [0.25, 0.3) is 5.56 Å². The van der Waals surface area contributed by atoms with Crippen LogP contribution in [-0.2, 0) is 0 Å². The first-order chi connectivity index (χ1) is 10.1. The molecule has 1 aromatic heterocycles. The van der Waals surface area contributed by atoms with Crippen LogP contribution in [0.2, 0.25) is 0 Å². The number of carboxylic acids is 1. The zero-order chi connectivity index (χ0) is 15.0. The minimum Gasteiger partial charge on any atom is -0.478 e. The van der Waals surface area contributed by atoms with E-state index in [2.05, 4.69) is 4.98 Å². The largest absolute Gasteiger partial charge is 0.478 e. The average molecular weight is 298 g/mol. The molecule has 104 valence electrons. The third-order valence-electron chi connectivity index (χ3n) is 3.16. The van der Waals surface area contributed by atoms with E-state index in [1.807, 2.05) is 6.07 Å². The topological polar surface area (TPSA) is 75.1 Å². The van der Waals surface area contributed by atoms with Crippen molar-refractivity contribution in [3.8, 4) is 5.69 Å².